The number of carbonyl (C=O) groups is 4. The molecule has 0 fully saturated rings. The van der Waals surface area contributed by atoms with Crippen LogP contribution < -0.4 is 14.8 Å². The van der Waals surface area contributed by atoms with E-state index in [2.05, 4.69) is 10.3 Å². The van der Waals surface area contributed by atoms with Crippen LogP contribution in [0.15, 0.2) is 66.2 Å². The van der Waals surface area contributed by atoms with Gasteiger partial charge >= 0.3 is 24.3 Å². The lowest BCUT2D eigenvalue weighted by atomic mass is 9.89. The second kappa shape index (κ2) is 16.4. The molecule has 0 saturated heterocycles. The number of anilines is 1. The standard InChI is InChI=1S/C34H29F5N2O9S/c1-4-46-27-24(41-28(42)22-10-8-7-9-21(22)19-11-13-20(14-12-19)34(37,38)39)17-23(35)26(25(27)36)50-32(45)49-18-33(30(43)47-5-2,31(44)48-6-3)29-40-15-16-51-29/h7-17H,4-6,18H2,1-3H3,(H,41,42). The molecular weight excluding hydrogens is 707 g/mol. The Labute approximate surface area is 291 Å². The first-order valence-electron chi connectivity index (χ1n) is 15.1. The molecule has 0 aliphatic heterocycles. The average Bonchev–Trinajstić information content (AvgIpc) is 3.64. The zero-order valence-electron chi connectivity index (χ0n) is 27.1. The van der Waals surface area contributed by atoms with Gasteiger partial charge in [0, 0.05) is 23.2 Å². The fourth-order valence-electron chi connectivity index (χ4n) is 4.68. The second-order valence-corrected chi connectivity index (χ2v) is 11.1. The van der Waals surface area contributed by atoms with Crippen molar-refractivity contribution in [2.24, 2.45) is 0 Å². The van der Waals surface area contributed by atoms with Crippen molar-refractivity contribution in [3.63, 3.8) is 0 Å². The first-order valence-corrected chi connectivity index (χ1v) is 16.0. The van der Waals surface area contributed by atoms with Crippen LogP contribution in [-0.2, 0) is 35.4 Å². The van der Waals surface area contributed by atoms with Crippen LogP contribution >= 0.6 is 11.3 Å². The maximum Gasteiger partial charge on any atom is 0.514 e. The summed E-state index contributed by atoms with van der Waals surface area (Å²) in [5.41, 5.74) is -3.41. The molecule has 0 spiro atoms. The Hall–Kier alpha value is -5.58. The fourth-order valence-corrected chi connectivity index (χ4v) is 5.48. The number of esters is 2. The number of aromatic nitrogens is 1. The highest BCUT2D eigenvalue weighted by Crippen LogP contribution is 2.39. The van der Waals surface area contributed by atoms with Crippen molar-refractivity contribution in [3.05, 3.63) is 93.9 Å². The van der Waals surface area contributed by atoms with Gasteiger partial charge in [0.05, 0.1) is 31.1 Å². The van der Waals surface area contributed by atoms with Gasteiger partial charge in [0.25, 0.3) is 5.91 Å². The number of rotatable bonds is 13. The van der Waals surface area contributed by atoms with Crippen molar-refractivity contribution in [1.82, 2.24) is 4.98 Å². The van der Waals surface area contributed by atoms with E-state index in [0.717, 1.165) is 23.5 Å². The van der Waals surface area contributed by atoms with Crippen LogP contribution in [0, 0.1) is 11.6 Å². The predicted molar refractivity (Wildman–Crippen MR) is 171 cm³/mol. The summed E-state index contributed by atoms with van der Waals surface area (Å²) >= 11 is 0.855. The van der Waals surface area contributed by atoms with Crippen molar-refractivity contribution in [3.8, 4) is 22.6 Å². The Morgan fingerprint density at radius 3 is 2.06 bits per heavy atom. The smallest absolute Gasteiger partial charge is 0.489 e. The van der Waals surface area contributed by atoms with Crippen LogP contribution in [0.5, 0.6) is 11.5 Å². The van der Waals surface area contributed by atoms with E-state index in [-0.39, 0.29) is 41.5 Å². The van der Waals surface area contributed by atoms with E-state index in [1.807, 2.05) is 0 Å². The van der Waals surface area contributed by atoms with Crippen LogP contribution in [0.1, 0.15) is 41.7 Å². The van der Waals surface area contributed by atoms with Crippen LogP contribution in [0.3, 0.4) is 0 Å². The minimum Gasteiger partial charge on any atom is -0.489 e. The highest BCUT2D eigenvalue weighted by atomic mass is 32.1. The molecule has 1 amide bonds. The number of nitrogens with one attached hydrogen (secondary N) is 1. The van der Waals surface area contributed by atoms with Crippen LogP contribution in [-0.4, -0.2) is 55.4 Å². The Bertz CT molecular complexity index is 1870. The van der Waals surface area contributed by atoms with E-state index in [1.54, 1.807) is 6.07 Å². The Balaban J connectivity index is 1.61. The number of hydrogen-bond donors (Lipinski definition) is 1. The molecule has 4 aromatic rings. The van der Waals surface area contributed by atoms with Crippen LogP contribution in [0.25, 0.3) is 11.1 Å². The molecule has 4 rings (SSSR count). The van der Waals surface area contributed by atoms with Crippen LogP contribution in [0.4, 0.5) is 32.4 Å². The number of ether oxygens (including phenoxy) is 5. The van der Waals surface area contributed by atoms with E-state index >= 15 is 8.78 Å². The third kappa shape index (κ3) is 8.42. The molecule has 1 aromatic heterocycles. The van der Waals surface area contributed by atoms with Gasteiger partial charge in [-0.15, -0.1) is 11.3 Å². The highest BCUT2D eigenvalue weighted by molar-refractivity contribution is 7.10. The van der Waals surface area contributed by atoms with Gasteiger partial charge in [0.2, 0.25) is 17.0 Å². The lowest BCUT2D eigenvalue weighted by Gasteiger charge is -2.26. The second-order valence-electron chi connectivity index (χ2n) is 10.2. The molecule has 0 unspecified atom stereocenters. The average molecular weight is 737 g/mol. The number of benzene rings is 3. The van der Waals surface area contributed by atoms with Crippen molar-refractivity contribution in [1.29, 1.82) is 0 Å². The molecule has 1 N–H and O–H groups in total. The van der Waals surface area contributed by atoms with Gasteiger partial charge in [0.15, 0.2) is 11.6 Å². The van der Waals surface area contributed by atoms with E-state index < -0.39 is 76.6 Å². The normalized spacial score (nSPS) is 11.4. The van der Waals surface area contributed by atoms with E-state index in [9.17, 15) is 32.3 Å². The SMILES string of the molecule is CCOC(=O)C(COC(=O)Oc1c(F)cc(NC(=O)c2ccccc2-c2ccc(C(F)(F)F)cc2)c(OCC)c1F)(C(=O)OCC)c1nccs1. The summed E-state index contributed by atoms with van der Waals surface area (Å²) < 4.78 is 95.5. The van der Waals surface area contributed by atoms with E-state index in [1.165, 1.54) is 62.7 Å². The molecule has 3 aromatic carbocycles. The summed E-state index contributed by atoms with van der Waals surface area (Å²) in [6.07, 6.45) is -5.05. The number of halogens is 5. The summed E-state index contributed by atoms with van der Waals surface area (Å²) in [5.74, 6) is -8.35. The molecule has 0 atom stereocenters. The molecule has 0 aliphatic rings. The quantitative estimate of drug-likeness (QED) is 0.0488. The van der Waals surface area contributed by atoms with Gasteiger partial charge in [-0.1, -0.05) is 30.3 Å². The summed E-state index contributed by atoms with van der Waals surface area (Å²) in [5, 5.41) is 3.61. The minimum absolute atomic E-state index is 0.0589. The van der Waals surface area contributed by atoms with Gasteiger partial charge in [-0.2, -0.15) is 17.6 Å². The number of alkyl halides is 3. The number of hydrogen-bond acceptors (Lipinski definition) is 11. The molecule has 11 nitrogen and oxygen atoms in total. The Kier molecular flexibility index (Phi) is 12.3. The zero-order chi connectivity index (χ0) is 37.3. The molecule has 17 heteroatoms. The molecule has 0 aliphatic carbocycles. The maximum absolute atomic E-state index is 15.7. The number of nitrogens with zero attached hydrogens (tertiary/aromatic N) is 1. The monoisotopic (exact) mass is 736 g/mol. The fraction of sp³-hybridized carbons (Fsp3) is 0.265. The molecule has 1 heterocycles. The largest absolute Gasteiger partial charge is 0.514 e. The minimum atomic E-state index is -4.58. The van der Waals surface area contributed by atoms with E-state index in [0.29, 0.717) is 6.07 Å². The molecule has 0 saturated carbocycles. The van der Waals surface area contributed by atoms with Crippen molar-refractivity contribution in [2.75, 3.05) is 31.7 Å². The predicted octanol–water partition coefficient (Wildman–Crippen LogP) is 7.34. The van der Waals surface area contributed by atoms with Crippen LogP contribution in [0.2, 0.25) is 0 Å². The first-order chi connectivity index (χ1) is 24.3. The number of amides is 1. The third-order valence-corrected chi connectivity index (χ3v) is 7.94. The van der Waals surface area contributed by atoms with Gasteiger partial charge in [-0.3, -0.25) is 14.4 Å². The summed E-state index contributed by atoms with van der Waals surface area (Å²) in [6.45, 7) is 2.77. The third-order valence-electron chi connectivity index (χ3n) is 7.00. The number of carbonyl (C=O) groups excluding carboxylic acids is 4. The summed E-state index contributed by atoms with van der Waals surface area (Å²) in [7, 11) is 0. The van der Waals surface area contributed by atoms with Crippen molar-refractivity contribution in [2.45, 2.75) is 32.4 Å². The lowest BCUT2D eigenvalue weighted by Crippen LogP contribution is -2.50. The molecule has 0 bridgehead atoms. The first kappa shape index (κ1) is 38.2. The highest BCUT2D eigenvalue weighted by Gasteiger charge is 2.54. The molecule has 51 heavy (non-hydrogen) atoms. The topological polar surface area (TPSA) is 139 Å². The lowest BCUT2D eigenvalue weighted by molar-refractivity contribution is -0.167. The molecule has 270 valence electrons. The van der Waals surface area contributed by atoms with Gasteiger partial charge < -0.3 is 29.0 Å². The van der Waals surface area contributed by atoms with Crippen molar-refractivity contribution >= 4 is 41.0 Å². The summed E-state index contributed by atoms with van der Waals surface area (Å²) in [6, 6.07) is 10.5. The van der Waals surface area contributed by atoms with Gasteiger partial charge in [-0.05, 0) is 50.1 Å². The number of thiazole rings is 1. The zero-order valence-corrected chi connectivity index (χ0v) is 27.9. The van der Waals surface area contributed by atoms with E-state index in [4.69, 9.17) is 23.7 Å². The van der Waals surface area contributed by atoms with Gasteiger partial charge in [-0.25, -0.2) is 14.2 Å². The molecular formula is C34H29F5N2O9S. The Morgan fingerprint density at radius 2 is 1.49 bits per heavy atom. The Morgan fingerprint density at radius 1 is 0.843 bits per heavy atom. The summed E-state index contributed by atoms with van der Waals surface area (Å²) in [4.78, 5) is 56.3. The van der Waals surface area contributed by atoms with Crippen molar-refractivity contribution < 1.29 is 64.8 Å². The molecule has 0 radical (unpaired) electrons. The maximum atomic E-state index is 15.7. The van der Waals surface area contributed by atoms with Gasteiger partial charge in [0.1, 0.15) is 11.6 Å².